The van der Waals surface area contributed by atoms with Gasteiger partial charge in [-0.3, -0.25) is 0 Å². The molecule has 0 aliphatic rings. The quantitative estimate of drug-likeness (QED) is 0.492. The minimum Gasteiger partial charge on any atom is -1.00 e. The van der Waals surface area contributed by atoms with Crippen molar-refractivity contribution in [3.05, 3.63) is 17.8 Å². The molecule has 1 aromatic heterocycles. The number of H-pyrrole nitrogens is 1. The van der Waals surface area contributed by atoms with Crippen LogP contribution in [0.1, 0.15) is 5.56 Å². The minimum absolute atomic E-state index is 0. The van der Waals surface area contributed by atoms with E-state index in [1.165, 1.54) is 9.81 Å². The van der Waals surface area contributed by atoms with E-state index < -0.39 is 0 Å². The van der Waals surface area contributed by atoms with Crippen LogP contribution in [0, 0.1) is 6.92 Å². The van der Waals surface area contributed by atoms with E-state index in [9.17, 15) is 0 Å². The van der Waals surface area contributed by atoms with E-state index in [4.69, 9.17) is 0 Å². The molecule has 0 fully saturated rings. The zero-order valence-corrected chi connectivity index (χ0v) is 7.30. The molecule has 1 N–H and O–H groups in total. The first kappa shape index (κ1) is 11.6. The van der Waals surface area contributed by atoms with Crippen molar-refractivity contribution in [2.24, 2.45) is 0 Å². The Hall–Kier alpha value is -0.224. The van der Waals surface area contributed by atoms with Gasteiger partial charge in [-0.25, -0.2) is 0 Å². The summed E-state index contributed by atoms with van der Waals surface area (Å²) in [5, 5.41) is 0. The molecule has 0 bridgehead atoms. The third-order valence-electron chi connectivity index (χ3n) is 0.876. The molecule has 53 valence electrons. The number of aryl methyl sites for hydroxylation is 1. The molecular weight excluding hydrogens is 302 g/mol. The van der Waals surface area contributed by atoms with Gasteiger partial charge in [0.1, 0.15) is 0 Å². The van der Waals surface area contributed by atoms with E-state index >= 15 is 0 Å². The molecule has 0 unspecified atom stereocenters. The van der Waals surface area contributed by atoms with Gasteiger partial charge in [0, 0.05) is 0 Å². The van der Waals surface area contributed by atoms with Gasteiger partial charge in [-0.15, -0.1) is 0 Å². The van der Waals surface area contributed by atoms with Crippen molar-refractivity contribution >= 4 is 4.25 Å². The number of aromatic amines is 1. The average molecular weight is 308 g/mol. The molecule has 0 aliphatic heterocycles. The first-order valence-electron chi connectivity index (χ1n) is 2.09. The molecule has 0 aromatic carbocycles. The van der Waals surface area contributed by atoms with Gasteiger partial charge in [0.05, 0.1) is 0 Å². The maximum Gasteiger partial charge on any atom is -1.00 e. The first-order valence-corrected chi connectivity index (χ1v) is 3.36. The summed E-state index contributed by atoms with van der Waals surface area (Å²) in [6.07, 6.45) is 1.96. The summed E-state index contributed by atoms with van der Waals surface area (Å²) in [5.41, 5.74) is 1.35. The molecule has 1 aromatic rings. The molecule has 9 heavy (non-hydrogen) atoms. The number of halogens is 2. The third kappa shape index (κ3) is 2.71. The summed E-state index contributed by atoms with van der Waals surface area (Å²) in [5.74, 6) is 0. The van der Waals surface area contributed by atoms with Crippen LogP contribution in [-0.2, 0) is 18.6 Å². The van der Waals surface area contributed by atoms with E-state index in [0.717, 1.165) is 0 Å². The number of rotatable bonds is 0. The molecule has 1 heterocycles. The van der Waals surface area contributed by atoms with Crippen LogP contribution in [-0.4, -0.2) is 4.98 Å². The van der Waals surface area contributed by atoms with Gasteiger partial charge in [-0.1, -0.05) is 0 Å². The monoisotopic (exact) mass is 310 g/mol. The van der Waals surface area contributed by atoms with Crippen LogP contribution in [0.2, 0.25) is 0 Å². The Labute approximate surface area is 62.5 Å². The second-order valence-corrected chi connectivity index (χ2v) is 2.73. The van der Waals surface area contributed by atoms with E-state index in [0.29, 0.717) is 0 Å². The van der Waals surface area contributed by atoms with Gasteiger partial charge in [-0.2, -0.15) is 0 Å². The Morgan fingerprint density at radius 1 is 1.44 bits per heavy atom. The maximum absolute atomic E-state index is 3.08. The second kappa shape index (κ2) is 4.64. The molecule has 0 atom stereocenters. The summed E-state index contributed by atoms with van der Waals surface area (Å²) in [6, 6.07) is 2.07. The van der Waals surface area contributed by atoms with E-state index in [1.807, 2.05) is 24.8 Å². The molecule has 0 saturated heterocycles. The Bertz CT molecular complexity index is 147. The predicted molar refractivity (Wildman–Crippen MR) is 25.2 cm³/mol. The second-order valence-electron chi connectivity index (χ2n) is 1.46. The number of hydrogen-bond acceptors (Lipinski definition) is 0. The van der Waals surface area contributed by atoms with Crippen LogP contribution in [0.3, 0.4) is 0 Å². The molecule has 4 heteroatoms. The summed E-state index contributed by atoms with van der Waals surface area (Å²) < 4.78 is 1.29. The van der Waals surface area contributed by atoms with Gasteiger partial charge in [-0.05, 0) is 0 Å². The van der Waals surface area contributed by atoms with Gasteiger partial charge in [0.25, 0.3) is 0 Å². The smallest absolute Gasteiger partial charge is 1.00 e. The van der Waals surface area contributed by atoms with Gasteiger partial charge >= 0.3 is 52.6 Å². The topological polar surface area (TPSA) is 15.8 Å². The fourth-order valence-corrected chi connectivity index (χ4v) is 0.846. The maximum atomic E-state index is 3.08. The van der Waals surface area contributed by atoms with Crippen LogP contribution in [0.15, 0.2) is 12.3 Å². The SMILES string of the molecule is Cc1cc[nH][c]1[Os+2].[F-].[F-]. The van der Waals surface area contributed by atoms with Crippen molar-refractivity contribution in [2.75, 3.05) is 0 Å². The summed E-state index contributed by atoms with van der Waals surface area (Å²) >= 11 is 1.88. The van der Waals surface area contributed by atoms with Gasteiger partial charge in [0.2, 0.25) is 0 Å². The average Bonchev–Trinajstić information content (AvgIpc) is 1.91. The standard InChI is InChI=1S/C5H6N.2FH.Os/c1-5-2-3-6-4-5;;;/h2-3,6H,1H3;2*1H;/q;;;+2/p-2. The Balaban J connectivity index is 0. The Morgan fingerprint density at radius 3 is 2.11 bits per heavy atom. The fourth-order valence-electron chi connectivity index (χ4n) is 0.423. The zero-order valence-electron chi connectivity index (χ0n) is 4.76. The van der Waals surface area contributed by atoms with Crippen LogP contribution in [0.5, 0.6) is 0 Å². The van der Waals surface area contributed by atoms with Crippen molar-refractivity contribution in [3.63, 3.8) is 0 Å². The summed E-state index contributed by atoms with van der Waals surface area (Å²) in [4.78, 5) is 3.08. The molecule has 0 spiro atoms. The first-order chi connectivity index (χ1) is 3.30. The zero-order chi connectivity index (χ0) is 5.28. The van der Waals surface area contributed by atoms with Crippen LogP contribution in [0.25, 0.3) is 0 Å². The summed E-state index contributed by atoms with van der Waals surface area (Å²) in [7, 11) is 0. The molecule has 0 saturated carbocycles. The van der Waals surface area contributed by atoms with Crippen molar-refractivity contribution in [2.45, 2.75) is 6.92 Å². The van der Waals surface area contributed by atoms with E-state index in [1.54, 1.807) is 0 Å². The van der Waals surface area contributed by atoms with Crippen LogP contribution < -0.4 is 13.7 Å². The van der Waals surface area contributed by atoms with E-state index in [2.05, 4.69) is 18.0 Å². The normalized spacial score (nSPS) is 7.22. The predicted octanol–water partition coefficient (Wildman–Crippen LogP) is -5.50. The third-order valence-corrected chi connectivity index (χ3v) is 2.24. The molecule has 1 rings (SSSR count). The van der Waals surface area contributed by atoms with Crippen LogP contribution >= 0.6 is 0 Å². The van der Waals surface area contributed by atoms with Crippen molar-refractivity contribution in [1.29, 1.82) is 0 Å². The van der Waals surface area contributed by atoms with Crippen molar-refractivity contribution < 1.29 is 28.0 Å². The molecule has 0 amide bonds. The molecule has 0 radical (unpaired) electrons. The minimum atomic E-state index is 0. The molecule has 1 nitrogen and oxygen atoms in total. The van der Waals surface area contributed by atoms with Gasteiger partial charge in [0.15, 0.2) is 0 Å². The fraction of sp³-hybridized carbons (Fsp3) is 0.200. The van der Waals surface area contributed by atoms with E-state index in [-0.39, 0.29) is 9.41 Å². The largest absolute Gasteiger partial charge is 1.00 e. The number of nitrogens with one attached hydrogen (secondary N) is 1. The molecule has 0 aliphatic carbocycles. The Kier molecular flexibility index (Phi) is 5.95. The number of hydrogen-bond donors (Lipinski definition) is 1. The Morgan fingerprint density at radius 2 is 2.00 bits per heavy atom. The molecular formula is C5H6F2NOs. The van der Waals surface area contributed by atoms with Crippen molar-refractivity contribution in [1.82, 2.24) is 4.98 Å². The summed E-state index contributed by atoms with van der Waals surface area (Å²) in [6.45, 7) is 2.10. The van der Waals surface area contributed by atoms with Crippen molar-refractivity contribution in [3.8, 4) is 0 Å². The van der Waals surface area contributed by atoms with Gasteiger partial charge < -0.3 is 9.41 Å². The van der Waals surface area contributed by atoms with Crippen LogP contribution in [0.4, 0.5) is 0 Å². The number of aromatic nitrogens is 1.